The molecule has 0 saturated carbocycles. The van der Waals surface area contributed by atoms with Crippen molar-refractivity contribution < 1.29 is 24.2 Å². The van der Waals surface area contributed by atoms with Gasteiger partial charge in [-0.15, -0.1) is 0 Å². The van der Waals surface area contributed by atoms with Crippen LogP contribution in [0, 0.1) is 0 Å². The number of hydrogen-bond donors (Lipinski definition) is 1. The van der Waals surface area contributed by atoms with E-state index in [4.69, 9.17) is 9.47 Å². The predicted molar refractivity (Wildman–Crippen MR) is 196 cm³/mol. The summed E-state index contributed by atoms with van der Waals surface area (Å²) in [5.74, 6) is -0.646. The molecular formula is C41H68O5. The maximum atomic E-state index is 12.1. The Hall–Kier alpha value is -2.66. The molecule has 46 heavy (non-hydrogen) atoms. The molecule has 0 aromatic heterocycles. The minimum absolute atomic E-state index is 0.0900. The highest BCUT2D eigenvalue weighted by Gasteiger charge is 2.16. The van der Waals surface area contributed by atoms with Crippen LogP contribution >= 0.6 is 0 Å². The molecule has 1 atom stereocenters. The van der Waals surface area contributed by atoms with E-state index in [-0.39, 0.29) is 25.2 Å². The summed E-state index contributed by atoms with van der Waals surface area (Å²) in [5.41, 5.74) is 0. The van der Waals surface area contributed by atoms with Crippen LogP contribution in [0.25, 0.3) is 0 Å². The lowest BCUT2D eigenvalue weighted by Crippen LogP contribution is -2.28. The number of carbonyl (C=O) groups excluding carboxylic acids is 2. The summed E-state index contributed by atoms with van der Waals surface area (Å²) in [6.45, 7) is 3.95. The highest BCUT2D eigenvalue weighted by atomic mass is 16.6. The fourth-order valence-corrected chi connectivity index (χ4v) is 4.69. The van der Waals surface area contributed by atoms with Gasteiger partial charge in [-0.1, -0.05) is 132 Å². The van der Waals surface area contributed by atoms with Crippen LogP contribution in [0.5, 0.6) is 0 Å². The Kier molecular flexibility index (Phi) is 34.7. The second kappa shape index (κ2) is 36.8. The molecule has 0 aromatic rings. The van der Waals surface area contributed by atoms with E-state index in [1.165, 1.54) is 44.9 Å². The van der Waals surface area contributed by atoms with Gasteiger partial charge in [0, 0.05) is 12.8 Å². The van der Waals surface area contributed by atoms with Crippen LogP contribution in [0.2, 0.25) is 0 Å². The fourth-order valence-electron chi connectivity index (χ4n) is 4.69. The first kappa shape index (κ1) is 43.3. The van der Waals surface area contributed by atoms with E-state index >= 15 is 0 Å². The third-order valence-corrected chi connectivity index (χ3v) is 7.48. The molecule has 5 nitrogen and oxygen atoms in total. The van der Waals surface area contributed by atoms with Gasteiger partial charge in [0.05, 0.1) is 6.61 Å². The molecule has 0 bridgehead atoms. The number of carbonyl (C=O) groups is 2. The van der Waals surface area contributed by atoms with Gasteiger partial charge in [0.2, 0.25) is 0 Å². The van der Waals surface area contributed by atoms with Crippen molar-refractivity contribution in [3.8, 4) is 0 Å². The molecule has 0 radical (unpaired) electrons. The number of esters is 2. The zero-order chi connectivity index (χ0) is 33.6. The first-order chi connectivity index (χ1) is 22.6. The molecule has 262 valence electrons. The number of ether oxygens (including phenoxy) is 2. The normalized spacial score (nSPS) is 13.0. The van der Waals surface area contributed by atoms with Crippen molar-refractivity contribution in [2.45, 2.75) is 161 Å². The van der Waals surface area contributed by atoms with Gasteiger partial charge >= 0.3 is 11.9 Å². The fraction of sp³-hybridized carbons (Fsp3) is 0.659. The maximum Gasteiger partial charge on any atom is 0.306 e. The molecule has 0 rings (SSSR count). The number of hydrogen-bond acceptors (Lipinski definition) is 5. The molecule has 0 amide bonds. The molecule has 0 aliphatic heterocycles. The van der Waals surface area contributed by atoms with E-state index in [1.807, 2.05) is 0 Å². The Labute approximate surface area is 283 Å². The van der Waals surface area contributed by atoms with E-state index in [0.29, 0.717) is 12.8 Å². The molecule has 0 saturated heterocycles. The minimum atomic E-state index is -0.791. The van der Waals surface area contributed by atoms with E-state index in [0.717, 1.165) is 83.5 Å². The summed E-state index contributed by atoms with van der Waals surface area (Å²) in [4.78, 5) is 24.2. The van der Waals surface area contributed by atoms with Crippen LogP contribution in [0.3, 0.4) is 0 Å². The van der Waals surface area contributed by atoms with E-state index in [1.54, 1.807) is 0 Å². The molecule has 0 spiro atoms. The van der Waals surface area contributed by atoms with Gasteiger partial charge in [0.1, 0.15) is 6.61 Å². The van der Waals surface area contributed by atoms with Gasteiger partial charge in [0.15, 0.2) is 6.10 Å². The van der Waals surface area contributed by atoms with Crippen LogP contribution < -0.4 is 0 Å². The maximum absolute atomic E-state index is 12.1. The quantitative estimate of drug-likeness (QED) is 0.0450. The Morgan fingerprint density at radius 3 is 1.46 bits per heavy atom. The molecular weight excluding hydrogens is 572 g/mol. The summed E-state index contributed by atoms with van der Waals surface area (Å²) >= 11 is 0. The number of aliphatic hydroxyl groups is 1. The monoisotopic (exact) mass is 641 g/mol. The van der Waals surface area contributed by atoms with Crippen LogP contribution in [-0.2, 0) is 19.1 Å². The Morgan fingerprint density at radius 2 is 0.935 bits per heavy atom. The van der Waals surface area contributed by atoms with E-state index in [9.17, 15) is 14.7 Å². The second-order valence-corrected chi connectivity index (χ2v) is 11.9. The molecule has 0 fully saturated rings. The number of unbranched alkanes of at least 4 members (excludes halogenated alkanes) is 12. The Bertz CT molecular complexity index is 864. The van der Waals surface area contributed by atoms with Gasteiger partial charge in [-0.05, 0) is 83.5 Å². The van der Waals surface area contributed by atoms with Crippen molar-refractivity contribution in [2.75, 3.05) is 13.2 Å². The zero-order valence-corrected chi connectivity index (χ0v) is 29.6. The lowest BCUT2D eigenvalue weighted by atomic mass is 10.1. The SMILES string of the molecule is CC/C=C\C/C=C\C/C=C\C/C=C\C/C=C\CCCCCC(=O)OC[C@H](CO)OC(=O)CCCCCCC/C=C\CCCCCC. The van der Waals surface area contributed by atoms with Crippen molar-refractivity contribution in [2.24, 2.45) is 0 Å². The Balaban J connectivity index is 3.69. The average molecular weight is 641 g/mol. The molecule has 0 aromatic carbocycles. The highest BCUT2D eigenvalue weighted by molar-refractivity contribution is 5.70. The third-order valence-electron chi connectivity index (χ3n) is 7.48. The summed E-state index contributed by atoms with van der Waals surface area (Å²) in [6, 6.07) is 0. The number of allylic oxidation sites excluding steroid dienone is 12. The van der Waals surface area contributed by atoms with Crippen LogP contribution in [0.1, 0.15) is 155 Å². The number of rotatable bonds is 32. The van der Waals surface area contributed by atoms with Gasteiger partial charge in [-0.25, -0.2) is 0 Å². The van der Waals surface area contributed by atoms with Crippen LogP contribution in [0.4, 0.5) is 0 Å². The first-order valence-corrected chi connectivity index (χ1v) is 18.5. The first-order valence-electron chi connectivity index (χ1n) is 18.5. The zero-order valence-electron chi connectivity index (χ0n) is 29.6. The van der Waals surface area contributed by atoms with Gasteiger partial charge in [0.25, 0.3) is 0 Å². The lowest BCUT2D eigenvalue weighted by Gasteiger charge is -2.15. The van der Waals surface area contributed by atoms with Crippen LogP contribution in [-0.4, -0.2) is 36.4 Å². The minimum Gasteiger partial charge on any atom is -0.462 e. The van der Waals surface area contributed by atoms with Crippen molar-refractivity contribution >= 4 is 11.9 Å². The molecule has 0 aliphatic carbocycles. The average Bonchev–Trinajstić information content (AvgIpc) is 3.06. The summed E-state index contributed by atoms with van der Waals surface area (Å²) in [5, 5.41) is 9.53. The highest BCUT2D eigenvalue weighted by Crippen LogP contribution is 2.11. The third kappa shape index (κ3) is 34.2. The van der Waals surface area contributed by atoms with Gasteiger partial charge < -0.3 is 14.6 Å². The summed E-state index contributed by atoms with van der Waals surface area (Å²) < 4.78 is 10.5. The topological polar surface area (TPSA) is 72.8 Å². The Morgan fingerprint density at radius 1 is 0.522 bits per heavy atom. The van der Waals surface area contributed by atoms with Crippen molar-refractivity contribution in [1.29, 1.82) is 0 Å². The van der Waals surface area contributed by atoms with Gasteiger partial charge in [-0.2, -0.15) is 0 Å². The standard InChI is InChI=1S/C41H68O5/c1-3-5-7-9-11-13-15-17-18-19-20-21-22-24-25-27-29-31-33-35-40(43)45-38-39(37-42)46-41(44)36-34-32-30-28-26-23-16-14-12-10-8-6-4-2/h5,7,11,13-14,16-18,20-21,24-25,39,42H,3-4,6,8-10,12,15,19,22-23,26-38H2,1-2H3/b7-5-,13-11-,16-14-,18-17-,21-20-,25-24-/t39-/m0/s1. The summed E-state index contributed by atoms with van der Waals surface area (Å²) in [6.07, 6.45) is 48.1. The van der Waals surface area contributed by atoms with E-state index < -0.39 is 6.10 Å². The van der Waals surface area contributed by atoms with Crippen molar-refractivity contribution in [3.05, 3.63) is 72.9 Å². The molecule has 1 N–H and O–H groups in total. The molecule has 5 heteroatoms. The molecule has 0 heterocycles. The molecule has 0 aliphatic rings. The second-order valence-electron chi connectivity index (χ2n) is 11.9. The molecule has 0 unspecified atom stereocenters. The van der Waals surface area contributed by atoms with Crippen molar-refractivity contribution in [1.82, 2.24) is 0 Å². The smallest absolute Gasteiger partial charge is 0.306 e. The predicted octanol–water partition coefficient (Wildman–Crippen LogP) is 11.4. The largest absolute Gasteiger partial charge is 0.462 e. The number of aliphatic hydroxyl groups excluding tert-OH is 1. The van der Waals surface area contributed by atoms with Crippen molar-refractivity contribution in [3.63, 3.8) is 0 Å². The van der Waals surface area contributed by atoms with Gasteiger partial charge in [-0.3, -0.25) is 9.59 Å². The lowest BCUT2D eigenvalue weighted by molar-refractivity contribution is -0.161. The van der Waals surface area contributed by atoms with Crippen LogP contribution in [0.15, 0.2) is 72.9 Å². The summed E-state index contributed by atoms with van der Waals surface area (Å²) in [7, 11) is 0. The van der Waals surface area contributed by atoms with E-state index in [2.05, 4.69) is 86.8 Å².